The van der Waals surface area contributed by atoms with Gasteiger partial charge in [-0.05, 0) is 76.4 Å². The number of nitrogens with one attached hydrogen (secondary N) is 3. The number of carbonyl (C=O) groups is 1. The third-order valence-electron chi connectivity index (χ3n) is 5.38. The summed E-state index contributed by atoms with van der Waals surface area (Å²) in [6.07, 6.45) is 0.745. The highest BCUT2D eigenvalue weighted by Crippen LogP contribution is 2.45. The van der Waals surface area contributed by atoms with Crippen LogP contribution in [-0.4, -0.2) is 23.2 Å². The van der Waals surface area contributed by atoms with Crippen LogP contribution in [0.25, 0.3) is 0 Å². The van der Waals surface area contributed by atoms with Crippen LogP contribution in [0.1, 0.15) is 80.7 Å². The average Bonchev–Trinajstić information content (AvgIpc) is 2.99. The molecule has 0 aliphatic carbocycles. The van der Waals surface area contributed by atoms with Gasteiger partial charge in [0.2, 0.25) is 0 Å². The first kappa shape index (κ1) is 23.7. The van der Waals surface area contributed by atoms with E-state index in [1.807, 2.05) is 25.1 Å². The SMILES string of the molecule is CCOC(=O)c1c(NC(=S)Nc2ccccc2C(C)C)sc2c1CC(C)(C)NC2(C)C. The quantitative estimate of drug-likeness (QED) is 0.376. The summed E-state index contributed by atoms with van der Waals surface area (Å²) >= 11 is 7.21. The minimum atomic E-state index is -0.304. The van der Waals surface area contributed by atoms with Gasteiger partial charge in [0.1, 0.15) is 5.00 Å². The molecule has 1 aromatic carbocycles. The minimum absolute atomic E-state index is 0.134. The number of hydrogen-bond acceptors (Lipinski definition) is 5. The summed E-state index contributed by atoms with van der Waals surface area (Å²) in [7, 11) is 0. The van der Waals surface area contributed by atoms with Gasteiger partial charge in [-0.25, -0.2) is 4.79 Å². The number of rotatable bonds is 5. The number of para-hydroxylation sites is 1. The zero-order chi connectivity index (χ0) is 23.0. The molecule has 0 fully saturated rings. The molecule has 0 saturated carbocycles. The van der Waals surface area contributed by atoms with Crippen LogP contribution in [0.5, 0.6) is 0 Å². The van der Waals surface area contributed by atoms with Crippen molar-refractivity contribution in [1.82, 2.24) is 5.32 Å². The third-order valence-corrected chi connectivity index (χ3v) is 7.06. The van der Waals surface area contributed by atoms with E-state index in [1.165, 1.54) is 5.56 Å². The zero-order valence-corrected chi connectivity index (χ0v) is 21.1. The van der Waals surface area contributed by atoms with Gasteiger partial charge in [0.15, 0.2) is 5.11 Å². The summed E-state index contributed by atoms with van der Waals surface area (Å²) in [4.78, 5) is 14.1. The van der Waals surface area contributed by atoms with Crippen molar-refractivity contribution in [2.45, 2.75) is 71.9 Å². The van der Waals surface area contributed by atoms with E-state index in [0.717, 1.165) is 27.5 Å². The lowest BCUT2D eigenvalue weighted by Gasteiger charge is -2.42. The lowest BCUT2D eigenvalue weighted by atomic mass is 9.81. The van der Waals surface area contributed by atoms with E-state index < -0.39 is 0 Å². The summed E-state index contributed by atoms with van der Waals surface area (Å²) < 4.78 is 5.42. The van der Waals surface area contributed by atoms with Gasteiger partial charge in [-0.2, -0.15) is 0 Å². The topological polar surface area (TPSA) is 62.4 Å². The molecule has 1 aromatic heterocycles. The van der Waals surface area contributed by atoms with Crippen molar-refractivity contribution >= 4 is 45.3 Å². The second-order valence-electron chi connectivity index (χ2n) is 9.47. The molecular formula is C24H33N3O2S2. The molecule has 2 heterocycles. The predicted octanol–water partition coefficient (Wildman–Crippen LogP) is 6.02. The van der Waals surface area contributed by atoms with Crippen LogP contribution in [0.15, 0.2) is 24.3 Å². The number of esters is 1. The summed E-state index contributed by atoms with van der Waals surface area (Å²) in [6, 6.07) is 8.13. The largest absolute Gasteiger partial charge is 0.462 e. The van der Waals surface area contributed by atoms with Crippen molar-refractivity contribution < 1.29 is 9.53 Å². The smallest absolute Gasteiger partial charge is 0.341 e. The number of fused-ring (bicyclic) bond motifs is 1. The molecule has 0 bridgehead atoms. The highest BCUT2D eigenvalue weighted by atomic mass is 32.1. The van der Waals surface area contributed by atoms with Gasteiger partial charge in [0.25, 0.3) is 0 Å². The number of thiophene rings is 1. The first-order chi connectivity index (χ1) is 14.4. The standard InChI is InChI=1S/C24H33N3O2S2/c1-8-29-21(28)18-16-13-23(4,5)27-24(6,7)19(16)31-20(18)26-22(30)25-17-12-10-9-11-15(17)14(2)3/h9-12,14,27H,8,13H2,1-7H3,(H2,25,26,30). The lowest BCUT2D eigenvalue weighted by molar-refractivity contribution is 0.0526. The fraction of sp³-hybridized carbons (Fsp3) is 0.500. The van der Waals surface area contributed by atoms with Crippen molar-refractivity contribution in [3.63, 3.8) is 0 Å². The van der Waals surface area contributed by atoms with Crippen LogP contribution < -0.4 is 16.0 Å². The molecule has 7 heteroatoms. The van der Waals surface area contributed by atoms with Crippen LogP contribution in [0.3, 0.4) is 0 Å². The second kappa shape index (κ2) is 8.88. The van der Waals surface area contributed by atoms with Crippen molar-refractivity contribution in [1.29, 1.82) is 0 Å². The van der Waals surface area contributed by atoms with Gasteiger partial charge in [-0.15, -0.1) is 11.3 Å². The first-order valence-electron chi connectivity index (χ1n) is 10.7. The minimum Gasteiger partial charge on any atom is -0.462 e. The molecule has 0 spiro atoms. The Labute approximate surface area is 195 Å². The maximum absolute atomic E-state index is 13.0. The Kier molecular flexibility index (Phi) is 6.79. The Morgan fingerprint density at radius 3 is 2.55 bits per heavy atom. The number of anilines is 2. The normalized spacial score (nSPS) is 16.5. The van der Waals surface area contributed by atoms with Gasteiger partial charge < -0.3 is 20.7 Å². The summed E-state index contributed by atoms with van der Waals surface area (Å²) in [5.41, 5.74) is 3.41. The van der Waals surface area contributed by atoms with Crippen molar-refractivity contribution in [2.24, 2.45) is 0 Å². The molecule has 3 N–H and O–H groups in total. The molecule has 31 heavy (non-hydrogen) atoms. The average molecular weight is 460 g/mol. The van der Waals surface area contributed by atoms with Crippen LogP contribution in [0, 0.1) is 0 Å². The van der Waals surface area contributed by atoms with E-state index >= 15 is 0 Å². The van der Waals surface area contributed by atoms with E-state index in [-0.39, 0.29) is 17.0 Å². The molecule has 3 rings (SSSR count). The number of hydrogen-bond donors (Lipinski definition) is 3. The van der Waals surface area contributed by atoms with Crippen molar-refractivity contribution in [2.75, 3.05) is 17.2 Å². The molecular weight excluding hydrogens is 426 g/mol. The van der Waals surface area contributed by atoms with Gasteiger partial charge in [-0.3, -0.25) is 0 Å². The van der Waals surface area contributed by atoms with Crippen molar-refractivity contribution in [3.8, 4) is 0 Å². The maximum Gasteiger partial charge on any atom is 0.341 e. The van der Waals surface area contributed by atoms with E-state index in [1.54, 1.807) is 11.3 Å². The number of thiocarbonyl (C=S) groups is 1. The Bertz CT molecular complexity index is 993. The Morgan fingerprint density at radius 2 is 1.90 bits per heavy atom. The fourth-order valence-electron chi connectivity index (χ4n) is 4.41. The van der Waals surface area contributed by atoms with Gasteiger partial charge >= 0.3 is 5.97 Å². The highest BCUT2D eigenvalue weighted by Gasteiger charge is 2.42. The molecule has 0 amide bonds. The molecule has 0 saturated heterocycles. The van der Waals surface area contributed by atoms with Crippen molar-refractivity contribution in [3.05, 3.63) is 45.8 Å². The molecule has 5 nitrogen and oxygen atoms in total. The van der Waals surface area contributed by atoms with Crippen LogP contribution >= 0.6 is 23.6 Å². The fourth-order valence-corrected chi connectivity index (χ4v) is 5.95. The Morgan fingerprint density at radius 1 is 1.23 bits per heavy atom. The first-order valence-corrected chi connectivity index (χ1v) is 12.0. The van der Waals surface area contributed by atoms with Crippen LogP contribution in [0.2, 0.25) is 0 Å². The molecule has 168 valence electrons. The predicted molar refractivity (Wildman–Crippen MR) is 135 cm³/mol. The third kappa shape index (κ3) is 5.10. The summed E-state index contributed by atoms with van der Waals surface area (Å²) in [5, 5.41) is 11.5. The number of carbonyl (C=O) groups excluding carboxylic acids is 1. The summed E-state index contributed by atoms with van der Waals surface area (Å²) in [5.74, 6) is 0.0612. The van der Waals surface area contributed by atoms with Crippen LogP contribution in [-0.2, 0) is 16.7 Å². The number of ether oxygens (including phenoxy) is 1. The zero-order valence-electron chi connectivity index (χ0n) is 19.4. The second-order valence-corrected chi connectivity index (χ2v) is 10.9. The number of benzene rings is 1. The summed E-state index contributed by atoms with van der Waals surface area (Å²) in [6.45, 7) is 15.1. The van der Waals surface area contributed by atoms with E-state index in [2.05, 4.69) is 63.6 Å². The molecule has 2 aromatic rings. The van der Waals surface area contributed by atoms with Gasteiger partial charge in [-0.1, -0.05) is 32.0 Å². The molecule has 1 aliphatic heterocycles. The molecule has 0 radical (unpaired) electrons. The van der Waals surface area contributed by atoms with Gasteiger partial charge in [0.05, 0.1) is 12.2 Å². The Balaban J connectivity index is 1.97. The van der Waals surface area contributed by atoms with Gasteiger partial charge in [0, 0.05) is 21.6 Å². The Hall–Kier alpha value is -1.96. The molecule has 1 aliphatic rings. The maximum atomic E-state index is 13.0. The highest BCUT2D eigenvalue weighted by molar-refractivity contribution is 7.80. The van der Waals surface area contributed by atoms with E-state index in [4.69, 9.17) is 17.0 Å². The van der Waals surface area contributed by atoms with E-state index in [9.17, 15) is 4.79 Å². The van der Waals surface area contributed by atoms with Crippen LogP contribution in [0.4, 0.5) is 10.7 Å². The molecule has 0 atom stereocenters. The van der Waals surface area contributed by atoms with E-state index in [0.29, 0.717) is 23.2 Å². The monoisotopic (exact) mass is 459 g/mol. The lowest BCUT2D eigenvalue weighted by Crippen LogP contribution is -2.55. The molecule has 0 unspecified atom stereocenters.